The number of fused-ring (bicyclic) bond motifs is 1. The van der Waals surface area contributed by atoms with Gasteiger partial charge in [0.25, 0.3) is 5.97 Å². The second kappa shape index (κ2) is 8.83. The van der Waals surface area contributed by atoms with Crippen LogP contribution in [0.5, 0.6) is 0 Å². The van der Waals surface area contributed by atoms with E-state index in [2.05, 4.69) is 0 Å². The van der Waals surface area contributed by atoms with Crippen LogP contribution in [0.4, 0.5) is 0 Å². The summed E-state index contributed by atoms with van der Waals surface area (Å²) in [5.74, 6) is -1.71. The van der Waals surface area contributed by atoms with Crippen molar-refractivity contribution in [2.45, 2.75) is 57.1 Å². The summed E-state index contributed by atoms with van der Waals surface area (Å²) in [4.78, 5) is 12.7. The predicted molar refractivity (Wildman–Crippen MR) is 106 cm³/mol. The van der Waals surface area contributed by atoms with Crippen molar-refractivity contribution in [3.8, 4) is 0 Å². The first-order valence-electron chi connectivity index (χ1n) is 9.97. The maximum Gasteiger partial charge on any atom is 0.338 e. The third-order valence-corrected chi connectivity index (χ3v) is 5.32. The van der Waals surface area contributed by atoms with Gasteiger partial charge in [-0.15, -0.1) is 0 Å². The fourth-order valence-corrected chi connectivity index (χ4v) is 3.66. The maximum absolute atomic E-state index is 12.7. The molecule has 0 saturated carbocycles. The standard InChI is InChI=1S/C23H26O7/c1-15-18(28-21(24)17-12-8-5-9-13-17)19(26-14-16-10-6-4-7-11-16)20-22(27-15)30-23(2,25-3)29-20/h4-13,15,18-20,22H,14H2,1-3H3/t15-,18-,19+,20+,22+,23-/m0/s1. The zero-order chi connectivity index (χ0) is 21.1. The fourth-order valence-electron chi connectivity index (χ4n) is 3.66. The summed E-state index contributed by atoms with van der Waals surface area (Å²) >= 11 is 0. The van der Waals surface area contributed by atoms with Crippen LogP contribution in [-0.2, 0) is 35.0 Å². The number of hydrogen-bond acceptors (Lipinski definition) is 7. The van der Waals surface area contributed by atoms with E-state index >= 15 is 0 Å². The number of esters is 1. The van der Waals surface area contributed by atoms with Crippen molar-refractivity contribution in [2.24, 2.45) is 0 Å². The Morgan fingerprint density at radius 3 is 2.33 bits per heavy atom. The van der Waals surface area contributed by atoms with Gasteiger partial charge in [0, 0.05) is 14.0 Å². The Labute approximate surface area is 175 Å². The van der Waals surface area contributed by atoms with E-state index in [1.165, 1.54) is 7.11 Å². The van der Waals surface area contributed by atoms with Crippen LogP contribution in [0.1, 0.15) is 29.8 Å². The predicted octanol–water partition coefficient (Wildman–Crippen LogP) is 3.28. The molecule has 7 nitrogen and oxygen atoms in total. The number of benzene rings is 2. The molecule has 2 aliphatic rings. The van der Waals surface area contributed by atoms with Crippen LogP contribution >= 0.6 is 0 Å². The molecule has 0 spiro atoms. The summed E-state index contributed by atoms with van der Waals surface area (Å²) < 4.78 is 35.1. The van der Waals surface area contributed by atoms with Gasteiger partial charge in [-0.05, 0) is 24.6 Å². The molecule has 30 heavy (non-hydrogen) atoms. The van der Waals surface area contributed by atoms with Crippen molar-refractivity contribution in [3.05, 3.63) is 71.8 Å². The molecule has 2 aromatic carbocycles. The molecule has 0 N–H and O–H groups in total. The van der Waals surface area contributed by atoms with Gasteiger partial charge in [-0.3, -0.25) is 4.74 Å². The first-order chi connectivity index (χ1) is 14.5. The minimum Gasteiger partial charge on any atom is -0.453 e. The van der Waals surface area contributed by atoms with Crippen molar-refractivity contribution in [3.63, 3.8) is 0 Å². The lowest BCUT2D eigenvalue weighted by Crippen LogP contribution is -2.58. The summed E-state index contributed by atoms with van der Waals surface area (Å²) in [5, 5.41) is 0. The van der Waals surface area contributed by atoms with Crippen LogP contribution in [0.25, 0.3) is 0 Å². The molecule has 4 rings (SSSR count). The number of methoxy groups -OCH3 is 1. The molecule has 0 aromatic heterocycles. The number of rotatable bonds is 6. The van der Waals surface area contributed by atoms with Gasteiger partial charge < -0.3 is 23.7 Å². The highest BCUT2D eigenvalue weighted by Crippen LogP contribution is 2.39. The zero-order valence-electron chi connectivity index (χ0n) is 17.2. The van der Waals surface area contributed by atoms with E-state index in [0.29, 0.717) is 12.2 Å². The lowest BCUT2D eigenvalue weighted by atomic mass is 9.99. The molecule has 0 radical (unpaired) electrons. The number of carbonyl (C=O) groups is 1. The van der Waals surface area contributed by atoms with Crippen LogP contribution in [0.2, 0.25) is 0 Å². The molecule has 160 valence electrons. The monoisotopic (exact) mass is 414 g/mol. The van der Waals surface area contributed by atoms with Gasteiger partial charge in [0.2, 0.25) is 0 Å². The van der Waals surface area contributed by atoms with E-state index < -0.39 is 42.6 Å². The first-order valence-corrected chi connectivity index (χ1v) is 9.97. The average molecular weight is 414 g/mol. The van der Waals surface area contributed by atoms with Gasteiger partial charge in [-0.25, -0.2) is 4.79 Å². The largest absolute Gasteiger partial charge is 0.453 e. The summed E-state index contributed by atoms with van der Waals surface area (Å²) in [6, 6.07) is 18.6. The molecular weight excluding hydrogens is 388 g/mol. The topological polar surface area (TPSA) is 72.5 Å². The van der Waals surface area contributed by atoms with Gasteiger partial charge in [0.1, 0.15) is 12.2 Å². The summed E-state index contributed by atoms with van der Waals surface area (Å²) in [7, 11) is 1.49. The molecule has 2 fully saturated rings. The molecule has 6 atom stereocenters. The highest BCUT2D eigenvalue weighted by molar-refractivity contribution is 5.89. The molecule has 2 saturated heterocycles. The molecular formula is C23H26O7. The SMILES string of the molecule is CO[C@]1(C)O[C@H]2O[C@@H](C)[C@H](OC(=O)c3ccccc3)[C@@H](OCc3ccccc3)[C@H]2O1. The van der Waals surface area contributed by atoms with E-state index in [0.717, 1.165) is 5.56 Å². The summed E-state index contributed by atoms with van der Waals surface area (Å²) in [6.45, 7) is 3.82. The van der Waals surface area contributed by atoms with Crippen molar-refractivity contribution < 1.29 is 33.2 Å². The Hall–Kier alpha value is -2.29. The van der Waals surface area contributed by atoms with Gasteiger partial charge >= 0.3 is 5.97 Å². The van der Waals surface area contributed by atoms with E-state index in [-0.39, 0.29) is 0 Å². The number of carbonyl (C=O) groups excluding carboxylic acids is 1. The van der Waals surface area contributed by atoms with E-state index in [1.54, 1.807) is 31.2 Å². The Kier molecular flexibility index (Phi) is 6.17. The van der Waals surface area contributed by atoms with Gasteiger partial charge in [-0.1, -0.05) is 48.5 Å². The van der Waals surface area contributed by atoms with Crippen LogP contribution in [0.15, 0.2) is 60.7 Å². The van der Waals surface area contributed by atoms with E-state index in [9.17, 15) is 4.79 Å². The minimum atomic E-state index is -1.26. The first kappa shape index (κ1) is 21.0. The highest BCUT2D eigenvalue weighted by Gasteiger charge is 2.57. The molecule has 0 unspecified atom stereocenters. The second-order valence-corrected chi connectivity index (χ2v) is 7.47. The molecule has 2 aliphatic heterocycles. The summed E-state index contributed by atoms with van der Waals surface area (Å²) in [5.41, 5.74) is 1.45. The van der Waals surface area contributed by atoms with Crippen molar-refractivity contribution >= 4 is 5.97 Å². The highest BCUT2D eigenvalue weighted by atomic mass is 16.9. The quantitative estimate of drug-likeness (QED) is 0.672. The Morgan fingerprint density at radius 1 is 1.00 bits per heavy atom. The summed E-state index contributed by atoms with van der Waals surface area (Å²) in [6.07, 6.45) is -3.09. The molecule has 0 aliphatic carbocycles. The van der Waals surface area contributed by atoms with Crippen LogP contribution in [-0.4, -0.2) is 49.8 Å². The fraction of sp³-hybridized carbons (Fsp3) is 0.435. The Bertz CT molecular complexity index is 843. The van der Waals surface area contributed by atoms with Gasteiger partial charge in [-0.2, -0.15) is 0 Å². The zero-order valence-corrected chi connectivity index (χ0v) is 17.2. The maximum atomic E-state index is 12.7. The third-order valence-electron chi connectivity index (χ3n) is 5.32. The molecule has 2 heterocycles. The van der Waals surface area contributed by atoms with Crippen LogP contribution in [0, 0.1) is 0 Å². The molecule has 7 heteroatoms. The number of hydrogen-bond donors (Lipinski definition) is 0. The van der Waals surface area contributed by atoms with E-state index in [4.69, 9.17) is 28.4 Å². The lowest BCUT2D eigenvalue weighted by molar-refractivity contribution is -0.333. The molecule has 0 bridgehead atoms. The third kappa shape index (κ3) is 4.40. The Morgan fingerprint density at radius 2 is 1.67 bits per heavy atom. The van der Waals surface area contributed by atoms with Crippen molar-refractivity contribution in [1.82, 2.24) is 0 Å². The van der Waals surface area contributed by atoms with Crippen molar-refractivity contribution in [2.75, 3.05) is 7.11 Å². The second-order valence-electron chi connectivity index (χ2n) is 7.47. The van der Waals surface area contributed by atoms with Crippen LogP contribution in [0.3, 0.4) is 0 Å². The smallest absolute Gasteiger partial charge is 0.338 e. The molecule has 2 aromatic rings. The number of ether oxygens (including phenoxy) is 6. The lowest BCUT2D eigenvalue weighted by Gasteiger charge is -2.40. The Balaban J connectivity index is 1.56. The average Bonchev–Trinajstić information content (AvgIpc) is 3.11. The molecule has 0 amide bonds. The minimum absolute atomic E-state index is 0.327. The van der Waals surface area contributed by atoms with E-state index in [1.807, 2.05) is 43.3 Å². The van der Waals surface area contributed by atoms with Crippen LogP contribution < -0.4 is 0 Å². The normalized spacial score (nSPS) is 33.1. The van der Waals surface area contributed by atoms with Crippen molar-refractivity contribution in [1.29, 1.82) is 0 Å². The van der Waals surface area contributed by atoms with Gasteiger partial charge in [0.05, 0.1) is 18.3 Å². The van der Waals surface area contributed by atoms with Gasteiger partial charge in [0.15, 0.2) is 12.4 Å².